The fourth-order valence-corrected chi connectivity index (χ4v) is 1.17. The average molecular weight is 181 g/mol. The van der Waals surface area contributed by atoms with Crippen LogP contribution in [0, 0.1) is 11.3 Å². The summed E-state index contributed by atoms with van der Waals surface area (Å²) in [5.74, 6) is 0. The van der Waals surface area contributed by atoms with Crippen molar-refractivity contribution in [1.82, 2.24) is 0 Å². The van der Waals surface area contributed by atoms with Crippen LogP contribution < -0.4 is 5.46 Å². The van der Waals surface area contributed by atoms with Crippen LogP contribution in [0.25, 0.3) is 0 Å². The molecule has 0 atom stereocenters. The van der Waals surface area contributed by atoms with Crippen molar-refractivity contribution < 1.29 is 10.0 Å². The van der Waals surface area contributed by atoms with E-state index in [1.807, 2.05) is 6.07 Å². The van der Waals surface area contributed by atoms with Crippen molar-refractivity contribution >= 4 is 24.2 Å². The van der Waals surface area contributed by atoms with Gasteiger partial charge >= 0.3 is 7.12 Å². The zero-order valence-electron chi connectivity index (χ0n) is 6.03. The molecule has 0 amide bonds. The molecule has 60 valence electrons. The molecule has 5 heteroatoms. The highest BCUT2D eigenvalue weighted by atomic mass is 35.5. The summed E-state index contributed by atoms with van der Waals surface area (Å²) in [5, 5.41) is 26.4. The van der Waals surface area contributed by atoms with Gasteiger partial charge in [0.2, 0.25) is 0 Å². The summed E-state index contributed by atoms with van der Waals surface area (Å²) < 4.78 is 0. The monoisotopic (exact) mass is 181 g/mol. The molecule has 1 rings (SSSR count). The third-order valence-corrected chi connectivity index (χ3v) is 1.76. The summed E-state index contributed by atoms with van der Waals surface area (Å²) >= 11 is 5.63. The van der Waals surface area contributed by atoms with Gasteiger partial charge in [-0.15, -0.1) is 0 Å². The number of nitriles is 1. The Balaban J connectivity index is 3.32. The van der Waals surface area contributed by atoms with Crippen LogP contribution >= 0.6 is 11.6 Å². The SMILES string of the molecule is N#Cc1cccc(Cl)c1B(O)O. The van der Waals surface area contributed by atoms with E-state index in [-0.39, 0.29) is 16.0 Å². The largest absolute Gasteiger partial charge is 0.491 e. The first-order chi connectivity index (χ1) is 5.66. The van der Waals surface area contributed by atoms with Crippen LogP contribution in [0.5, 0.6) is 0 Å². The van der Waals surface area contributed by atoms with Gasteiger partial charge in [-0.1, -0.05) is 17.7 Å². The normalized spacial score (nSPS) is 9.17. The van der Waals surface area contributed by atoms with Crippen LogP contribution in [0.2, 0.25) is 5.02 Å². The van der Waals surface area contributed by atoms with Crippen molar-refractivity contribution in [1.29, 1.82) is 5.26 Å². The summed E-state index contributed by atoms with van der Waals surface area (Å²) in [6.07, 6.45) is 0. The molecule has 0 saturated heterocycles. The molecule has 0 unspecified atom stereocenters. The lowest BCUT2D eigenvalue weighted by molar-refractivity contribution is 0.425. The van der Waals surface area contributed by atoms with Gasteiger partial charge in [-0.25, -0.2) is 0 Å². The zero-order valence-corrected chi connectivity index (χ0v) is 6.78. The molecule has 12 heavy (non-hydrogen) atoms. The quantitative estimate of drug-likeness (QED) is 0.594. The number of hydrogen-bond donors (Lipinski definition) is 2. The second kappa shape index (κ2) is 3.59. The minimum absolute atomic E-state index is 0.0571. The first-order valence-electron chi connectivity index (χ1n) is 3.21. The third kappa shape index (κ3) is 1.59. The molecule has 0 radical (unpaired) electrons. The van der Waals surface area contributed by atoms with Crippen LogP contribution in [-0.4, -0.2) is 17.2 Å². The molecule has 1 aromatic carbocycles. The van der Waals surface area contributed by atoms with Crippen molar-refractivity contribution in [2.75, 3.05) is 0 Å². The van der Waals surface area contributed by atoms with Crippen molar-refractivity contribution in [2.24, 2.45) is 0 Å². The smallest absolute Gasteiger partial charge is 0.423 e. The summed E-state index contributed by atoms with van der Waals surface area (Å²) in [5.41, 5.74) is 0.235. The number of benzene rings is 1. The Morgan fingerprint density at radius 3 is 2.50 bits per heavy atom. The molecule has 0 aliphatic heterocycles. The Bertz CT molecular complexity index is 335. The maximum atomic E-state index is 8.84. The maximum absolute atomic E-state index is 8.84. The Hall–Kier alpha value is -1.02. The van der Waals surface area contributed by atoms with E-state index in [0.717, 1.165) is 0 Å². The molecular formula is C7H5BClNO2. The van der Waals surface area contributed by atoms with Crippen LogP contribution in [0.15, 0.2) is 18.2 Å². The Kier molecular flexibility index (Phi) is 2.72. The minimum atomic E-state index is -1.70. The topological polar surface area (TPSA) is 64.2 Å². The molecular weight excluding hydrogens is 176 g/mol. The minimum Gasteiger partial charge on any atom is -0.423 e. The second-order valence-corrected chi connectivity index (χ2v) is 2.59. The molecule has 2 N–H and O–H groups in total. The van der Waals surface area contributed by atoms with Gasteiger partial charge in [-0.05, 0) is 12.1 Å². The van der Waals surface area contributed by atoms with Gasteiger partial charge in [-0.2, -0.15) is 5.26 Å². The average Bonchev–Trinajstić information content (AvgIpc) is 2.03. The van der Waals surface area contributed by atoms with Crippen molar-refractivity contribution in [3.8, 4) is 6.07 Å². The van der Waals surface area contributed by atoms with Gasteiger partial charge in [-0.3, -0.25) is 0 Å². The van der Waals surface area contributed by atoms with E-state index in [1.165, 1.54) is 12.1 Å². The standard InChI is InChI=1S/C7H5BClNO2/c9-6-3-1-2-5(4-10)7(6)8(11)12/h1-3,11-12H. The predicted molar refractivity (Wildman–Crippen MR) is 46.0 cm³/mol. The lowest BCUT2D eigenvalue weighted by Gasteiger charge is -2.03. The summed E-state index contributed by atoms with van der Waals surface area (Å²) in [6, 6.07) is 6.36. The van der Waals surface area contributed by atoms with E-state index in [9.17, 15) is 0 Å². The van der Waals surface area contributed by atoms with Gasteiger partial charge in [0.15, 0.2) is 0 Å². The van der Waals surface area contributed by atoms with E-state index < -0.39 is 7.12 Å². The van der Waals surface area contributed by atoms with E-state index in [4.69, 9.17) is 26.9 Å². The lowest BCUT2D eigenvalue weighted by atomic mass is 9.77. The molecule has 1 aromatic rings. The van der Waals surface area contributed by atoms with Gasteiger partial charge in [0.1, 0.15) is 0 Å². The first-order valence-corrected chi connectivity index (χ1v) is 3.59. The first kappa shape index (κ1) is 9.08. The summed E-state index contributed by atoms with van der Waals surface area (Å²) in [4.78, 5) is 0. The van der Waals surface area contributed by atoms with Gasteiger partial charge < -0.3 is 10.0 Å². The van der Waals surface area contributed by atoms with Crippen LogP contribution in [0.3, 0.4) is 0 Å². The van der Waals surface area contributed by atoms with Crippen molar-refractivity contribution in [3.05, 3.63) is 28.8 Å². The highest BCUT2D eigenvalue weighted by molar-refractivity contribution is 6.63. The van der Waals surface area contributed by atoms with E-state index >= 15 is 0 Å². The fraction of sp³-hybridized carbons (Fsp3) is 0. The van der Waals surface area contributed by atoms with E-state index in [0.29, 0.717) is 0 Å². The number of rotatable bonds is 1. The second-order valence-electron chi connectivity index (χ2n) is 2.19. The number of halogens is 1. The zero-order chi connectivity index (χ0) is 9.14. The molecule has 0 fully saturated rings. The van der Waals surface area contributed by atoms with Gasteiger partial charge in [0.05, 0.1) is 11.6 Å². The van der Waals surface area contributed by atoms with Crippen LogP contribution in [0.4, 0.5) is 0 Å². The Morgan fingerprint density at radius 2 is 2.08 bits per heavy atom. The Labute approximate surface area is 75.0 Å². The van der Waals surface area contributed by atoms with Gasteiger partial charge in [0.25, 0.3) is 0 Å². The van der Waals surface area contributed by atoms with Gasteiger partial charge in [0, 0.05) is 10.5 Å². The Morgan fingerprint density at radius 1 is 1.42 bits per heavy atom. The maximum Gasteiger partial charge on any atom is 0.491 e. The number of nitrogens with zero attached hydrogens (tertiary/aromatic N) is 1. The molecule has 0 aromatic heterocycles. The molecule has 3 nitrogen and oxygen atoms in total. The van der Waals surface area contributed by atoms with Crippen molar-refractivity contribution in [3.63, 3.8) is 0 Å². The molecule has 0 saturated carbocycles. The highest BCUT2D eigenvalue weighted by Crippen LogP contribution is 2.07. The third-order valence-electron chi connectivity index (χ3n) is 1.43. The summed E-state index contributed by atoms with van der Waals surface area (Å²) in [6.45, 7) is 0. The molecule has 0 aliphatic carbocycles. The van der Waals surface area contributed by atoms with Crippen molar-refractivity contribution in [2.45, 2.75) is 0 Å². The molecule has 0 aliphatic rings. The van der Waals surface area contributed by atoms with Crippen LogP contribution in [0.1, 0.15) is 5.56 Å². The molecule has 0 spiro atoms. The fourth-order valence-electron chi connectivity index (χ4n) is 0.897. The lowest BCUT2D eigenvalue weighted by Crippen LogP contribution is -2.33. The van der Waals surface area contributed by atoms with Crippen LogP contribution in [-0.2, 0) is 0 Å². The summed E-state index contributed by atoms with van der Waals surface area (Å²) in [7, 11) is -1.70. The van der Waals surface area contributed by atoms with E-state index in [1.54, 1.807) is 6.07 Å². The predicted octanol–water partition coefficient (Wildman–Crippen LogP) is -0.109. The number of hydrogen-bond acceptors (Lipinski definition) is 3. The van der Waals surface area contributed by atoms with E-state index in [2.05, 4.69) is 0 Å². The molecule has 0 heterocycles. The molecule has 0 bridgehead atoms. The highest BCUT2D eigenvalue weighted by Gasteiger charge is 2.18.